The second-order valence-electron chi connectivity index (χ2n) is 6.20. The number of amides is 1. The Balaban J connectivity index is 2.20. The molecule has 1 aliphatic heterocycles. The van der Waals surface area contributed by atoms with Crippen molar-refractivity contribution >= 4 is 46.3 Å². The van der Waals surface area contributed by atoms with E-state index in [0.717, 1.165) is 17.3 Å². The Morgan fingerprint density at radius 2 is 2.04 bits per heavy atom. The van der Waals surface area contributed by atoms with Gasteiger partial charge in [-0.15, -0.1) is 0 Å². The smallest absolute Gasteiger partial charge is 0.326 e. The lowest BCUT2D eigenvalue weighted by atomic mass is 10.0. The van der Waals surface area contributed by atoms with Gasteiger partial charge < -0.3 is 9.84 Å². The first kappa shape index (κ1) is 20.2. The molecule has 0 radical (unpaired) electrons. The van der Waals surface area contributed by atoms with Crippen LogP contribution >= 0.6 is 24.0 Å². The van der Waals surface area contributed by atoms with Crippen LogP contribution in [0.25, 0.3) is 6.08 Å². The topological polar surface area (TPSA) is 66.8 Å². The van der Waals surface area contributed by atoms with Gasteiger partial charge in [0.25, 0.3) is 5.91 Å². The molecule has 0 bridgehead atoms. The average Bonchev–Trinajstić information content (AvgIpc) is 2.85. The number of aliphatic carboxylic acids is 1. The summed E-state index contributed by atoms with van der Waals surface area (Å²) in [7, 11) is 0. The van der Waals surface area contributed by atoms with Crippen molar-refractivity contribution in [1.82, 2.24) is 4.90 Å². The van der Waals surface area contributed by atoms with Crippen molar-refractivity contribution in [3.8, 4) is 5.75 Å². The molecule has 7 heteroatoms. The third-order valence-corrected chi connectivity index (χ3v) is 4.99. The van der Waals surface area contributed by atoms with Gasteiger partial charge in [0.15, 0.2) is 0 Å². The molecule has 26 heavy (non-hydrogen) atoms. The van der Waals surface area contributed by atoms with Crippen molar-refractivity contribution in [1.29, 1.82) is 0 Å². The lowest BCUT2D eigenvalue weighted by Crippen LogP contribution is -2.44. The Bertz CT molecular complexity index is 740. The Morgan fingerprint density at radius 3 is 2.58 bits per heavy atom. The molecule has 1 saturated heterocycles. The lowest BCUT2D eigenvalue weighted by molar-refractivity contribution is -0.145. The lowest BCUT2D eigenvalue weighted by Gasteiger charge is -2.24. The molecular weight excluding hydrogens is 370 g/mol. The quantitative estimate of drug-likeness (QED) is 0.411. The first-order valence-corrected chi connectivity index (χ1v) is 9.39. The van der Waals surface area contributed by atoms with Gasteiger partial charge in [0.2, 0.25) is 0 Å². The van der Waals surface area contributed by atoms with E-state index in [4.69, 9.17) is 17.0 Å². The first-order valence-electron chi connectivity index (χ1n) is 8.17. The molecule has 1 amide bonds. The maximum Gasteiger partial charge on any atom is 0.326 e. The van der Waals surface area contributed by atoms with Crippen molar-refractivity contribution < 1.29 is 19.4 Å². The number of benzene rings is 1. The Kier molecular flexibility index (Phi) is 6.99. The molecule has 1 aromatic carbocycles. The largest absolute Gasteiger partial charge is 0.490 e. The molecule has 5 nitrogen and oxygen atoms in total. The summed E-state index contributed by atoms with van der Waals surface area (Å²) >= 11 is 6.39. The van der Waals surface area contributed by atoms with Gasteiger partial charge in [-0.3, -0.25) is 9.69 Å². The summed E-state index contributed by atoms with van der Waals surface area (Å²) in [6, 6.07) is 6.31. The van der Waals surface area contributed by atoms with E-state index in [-0.39, 0.29) is 16.1 Å². The van der Waals surface area contributed by atoms with Crippen LogP contribution in [0.5, 0.6) is 5.75 Å². The number of carbonyl (C=O) groups is 2. The summed E-state index contributed by atoms with van der Waals surface area (Å²) in [6.07, 6.45) is 3.73. The van der Waals surface area contributed by atoms with Crippen molar-refractivity contribution in [2.75, 3.05) is 6.61 Å². The molecule has 0 aliphatic carbocycles. The number of thiocarbonyl (C=S) groups is 1. The molecule has 1 N–H and O–H groups in total. The van der Waals surface area contributed by atoms with Crippen molar-refractivity contribution in [3.05, 3.63) is 47.4 Å². The van der Waals surface area contributed by atoms with Crippen LogP contribution in [0, 0.1) is 5.92 Å². The van der Waals surface area contributed by atoms with Gasteiger partial charge in [0, 0.05) is 0 Å². The van der Waals surface area contributed by atoms with Gasteiger partial charge >= 0.3 is 5.97 Å². The zero-order chi connectivity index (χ0) is 19.3. The molecule has 2 rings (SSSR count). The Labute approximate surface area is 162 Å². The van der Waals surface area contributed by atoms with E-state index in [1.807, 2.05) is 26.0 Å². The number of carboxylic acids is 1. The fraction of sp³-hybridized carbons (Fsp3) is 0.316. The second-order valence-corrected chi connectivity index (χ2v) is 7.88. The first-order chi connectivity index (χ1) is 12.3. The maximum atomic E-state index is 12.7. The molecule has 1 unspecified atom stereocenters. The monoisotopic (exact) mass is 391 g/mol. The number of ether oxygens (including phenoxy) is 1. The number of rotatable bonds is 8. The second kappa shape index (κ2) is 9.00. The molecule has 138 valence electrons. The fourth-order valence-corrected chi connectivity index (χ4v) is 3.84. The number of nitrogens with zero attached hydrogens (tertiary/aromatic N) is 1. The summed E-state index contributed by atoms with van der Waals surface area (Å²) in [5.74, 6) is -0.565. The van der Waals surface area contributed by atoms with Crippen LogP contribution in [0.4, 0.5) is 0 Å². The molecule has 1 heterocycles. The average molecular weight is 392 g/mol. The van der Waals surface area contributed by atoms with E-state index < -0.39 is 12.0 Å². The van der Waals surface area contributed by atoms with Crippen LogP contribution in [0.2, 0.25) is 0 Å². The predicted octanol–water partition coefficient (Wildman–Crippen LogP) is 3.95. The van der Waals surface area contributed by atoms with E-state index in [2.05, 4.69) is 6.58 Å². The number of thioether (sulfide) groups is 1. The van der Waals surface area contributed by atoms with E-state index in [1.54, 1.807) is 24.3 Å². The number of carbonyl (C=O) groups excluding carboxylic acids is 1. The summed E-state index contributed by atoms with van der Waals surface area (Å²) in [6.45, 7) is 7.85. The van der Waals surface area contributed by atoms with E-state index in [1.165, 1.54) is 4.90 Å². The third kappa shape index (κ3) is 4.95. The summed E-state index contributed by atoms with van der Waals surface area (Å²) in [5, 5.41) is 9.49. The summed E-state index contributed by atoms with van der Waals surface area (Å²) in [4.78, 5) is 25.9. The van der Waals surface area contributed by atoms with Crippen LogP contribution in [0.15, 0.2) is 41.8 Å². The van der Waals surface area contributed by atoms with Gasteiger partial charge in [-0.1, -0.05) is 62.6 Å². The highest BCUT2D eigenvalue weighted by atomic mass is 32.2. The zero-order valence-electron chi connectivity index (χ0n) is 14.7. The summed E-state index contributed by atoms with van der Waals surface area (Å²) in [5.41, 5.74) is 0.812. The molecule has 0 spiro atoms. The highest BCUT2D eigenvalue weighted by molar-refractivity contribution is 8.26. The van der Waals surface area contributed by atoms with Crippen LogP contribution in [-0.4, -0.2) is 38.9 Å². The van der Waals surface area contributed by atoms with Crippen LogP contribution in [0.3, 0.4) is 0 Å². The van der Waals surface area contributed by atoms with Crippen LogP contribution in [0.1, 0.15) is 25.8 Å². The highest BCUT2D eigenvalue weighted by Crippen LogP contribution is 2.35. The molecule has 1 aromatic rings. The molecule has 0 aromatic heterocycles. The fourth-order valence-electron chi connectivity index (χ4n) is 2.48. The maximum absolute atomic E-state index is 12.7. The van der Waals surface area contributed by atoms with Gasteiger partial charge in [0.1, 0.15) is 22.7 Å². The van der Waals surface area contributed by atoms with Crippen molar-refractivity contribution in [2.45, 2.75) is 26.3 Å². The van der Waals surface area contributed by atoms with Gasteiger partial charge in [0.05, 0.1) is 4.91 Å². The number of hydrogen-bond donors (Lipinski definition) is 1. The Hall–Kier alpha value is -2.12. The molecule has 1 fully saturated rings. The van der Waals surface area contributed by atoms with Gasteiger partial charge in [-0.05, 0) is 36.1 Å². The van der Waals surface area contributed by atoms with E-state index >= 15 is 0 Å². The standard InChI is InChI=1S/C19H21NO4S2/c1-4-9-24-14-7-5-13(6-8-14)11-16-17(21)20(19(25)26-16)15(18(22)23)10-12(2)3/h4-8,11-12,15H,1,9-10H2,2-3H3,(H,22,23)/b16-11-. The minimum Gasteiger partial charge on any atom is -0.490 e. The minimum absolute atomic E-state index is 0.132. The predicted molar refractivity (Wildman–Crippen MR) is 108 cm³/mol. The number of carboxylic acid groups (broad SMARTS) is 1. The van der Waals surface area contributed by atoms with Crippen molar-refractivity contribution in [2.24, 2.45) is 5.92 Å². The molecule has 0 saturated carbocycles. The third-order valence-electron chi connectivity index (χ3n) is 3.66. The van der Waals surface area contributed by atoms with E-state index in [0.29, 0.717) is 23.7 Å². The molecule has 1 aliphatic rings. The number of hydrogen-bond acceptors (Lipinski definition) is 5. The normalized spacial score (nSPS) is 17.0. The minimum atomic E-state index is -1.04. The zero-order valence-corrected chi connectivity index (χ0v) is 16.3. The van der Waals surface area contributed by atoms with Crippen molar-refractivity contribution in [3.63, 3.8) is 0 Å². The SMILES string of the molecule is C=CCOc1ccc(/C=C2\SC(=S)N(C(CC(C)C)C(=O)O)C2=O)cc1. The molecule has 1 atom stereocenters. The van der Waals surface area contributed by atoms with Gasteiger partial charge in [-0.2, -0.15) is 0 Å². The van der Waals surface area contributed by atoms with Crippen LogP contribution in [-0.2, 0) is 9.59 Å². The van der Waals surface area contributed by atoms with Gasteiger partial charge in [-0.25, -0.2) is 4.79 Å². The van der Waals surface area contributed by atoms with Crippen LogP contribution < -0.4 is 4.74 Å². The summed E-state index contributed by atoms with van der Waals surface area (Å²) < 4.78 is 5.70. The Morgan fingerprint density at radius 1 is 1.38 bits per heavy atom. The van der Waals surface area contributed by atoms with E-state index in [9.17, 15) is 14.7 Å². The molecular formula is C19H21NO4S2. The highest BCUT2D eigenvalue weighted by Gasteiger charge is 2.40.